The number of aromatic nitrogens is 2. The predicted octanol–water partition coefficient (Wildman–Crippen LogP) is 2.78. The van der Waals surface area contributed by atoms with Crippen molar-refractivity contribution in [3.63, 3.8) is 0 Å². The Bertz CT molecular complexity index is 1070. The number of hydrogen-bond acceptors (Lipinski definition) is 6. The Morgan fingerprint density at radius 3 is 2.69 bits per heavy atom. The summed E-state index contributed by atoms with van der Waals surface area (Å²) >= 11 is 3.42. The maximum atomic E-state index is 12.9. The quantitative estimate of drug-likeness (QED) is 0.631. The van der Waals surface area contributed by atoms with Gasteiger partial charge in [-0.05, 0) is 42.0 Å². The van der Waals surface area contributed by atoms with Crippen LogP contribution in [0.1, 0.15) is 31.3 Å². The van der Waals surface area contributed by atoms with E-state index in [1.165, 1.54) is 4.88 Å². The highest BCUT2D eigenvalue weighted by atomic mass is 32.2. The molecule has 0 fully saturated rings. The van der Waals surface area contributed by atoms with Crippen LogP contribution in [0.15, 0.2) is 42.9 Å². The van der Waals surface area contributed by atoms with Crippen LogP contribution >= 0.6 is 23.1 Å². The van der Waals surface area contributed by atoms with Gasteiger partial charge in [-0.15, -0.1) is 11.3 Å². The van der Waals surface area contributed by atoms with Gasteiger partial charge in [0.15, 0.2) is 6.61 Å². The zero-order valence-corrected chi connectivity index (χ0v) is 17.3. The highest BCUT2D eigenvalue weighted by molar-refractivity contribution is 7.98. The highest BCUT2D eigenvalue weighted by Crippen LogP contribution is 2.38. The van der Waals surface area contributed by atoms with Crippen LogP contribution in [0.3, 0.4) is 0 Å². The molecule has 4 rings (SSSR count). The van der Waals surface area contributed by atoms with Crippen LogP contribution in [-0.4, -0.2) is 39.3 Å². The predicted molar refractivity (Wildman–Crippen MR) is 112 cm³/mol. The average Bonchev–Trinajstić information content (AvgIpc) is 3.44. The summed E-state index contributed by atoms with van der Waals surface area (Å²) in [7, 11) is 1.71. The lowest BCUT2D eigenvalue weighted by molar-refractivity contribution is -0.123. The first-order valence-corrected chi connectivity index (χ1v) is 11.0. The van der Waals surface area contributed by atoms with E-state index >= 15 is 0 Å². The second kappa shape index (κ2) is 8.30. The summed E-state index contributed by atoms with van der Waals surface area (Å²) < 4.78 is 8.77. The van der Waals surface area contributed by atoms with Gasteiger partial charge < -0.3 is 13.9 Å². The third-order valence-corrected chi connectivity index (χ3v) is 7.02. The zero-order valence-electron chi connectivity index (χ0n) is 15.7. The smallest absolute Gasteiger partial charge is 0.341 e. The number of thioether (sulfide) groups is 1. The number of esters is 1. The minimum Gasteiger partial charge on any atom is -0.452 e. The van der Waals surface area contributed by atoms with E-state index in [1.807, 2.05) is 40.9 Å². The van der Waals surface area contributed by atoms with Gasteiger partial charge in [-0.3, -0.25) is 14.9 Å². The molecule has 0 aromatic carbocycles. The number of amides is 2. The number of aryl methyl sites for hydroxylation is 1. The average molecular weight is 430 g/mol. The van der Waals surface area contributed by atoms with E-state index in [2.05, 4.69) is 5.32 Å². The fourth-order valence-electron chi connectivity index (χ4n) is 3.21. The van der Waals surface area contributed by atoms with Gasteiger partial charge >= 0.3 is 5.97 Å². The van der Waals surface area contributed by atoms with Crippen LogP contribution in [-0.2, 0) is 28.8 Å². The molecule has 1 N–H and O–H groups in total. The molecule has 0 unspecified atom stereocenters. The van der Waals surface area contributed by atoms with Gasteiger partial charge in [-0.1, -0.05) is 0 Å². The monoisotopic (exact) mass is 429 g/mol. The van der Waals surface area contributed by atoms with Crippen LogP contribution < -0.4 is 5.32 Å². The number of thiophene rings is 1. The molecule has 0 bridgehead atoms. The molecule has 2 amide bonds. The van der Waals surface area contributed by atoms with Gasteiger partial charge in [0.25, 0.3) is 11.8 Å². The summed E-state index contributed by atoms with van der Waals surface area (Å²) in [6, 6.07) is 7.10. The lowest BCUT2D eigenvalue weighted by Crippen LogP contribution is -2.35. The van der Waals surface area contributed by atoms with Crippen LogP contribution in [0.2, 0.25) is 0 Å². The highest BCUT2D eigenvalue weighted by Gasteiger charge is 2.28. The van der Waals surface area contributed by atoms with Crippen molar-refractivity contribution < 1.29 is 19.1 Å². The van der Waals surface area contributed by atoms with Crippen LogP contribution in [0.4, 0.5) is 0 Å². The zero-order chi connectivity index (χ0) is 20.4. The molecule has 9 heteroatoms. The maximum absolute atomic E-state index is 12.9. The molecule has 3 aromatic heterocycles. The number of carbonyl (C=O) groups is 3. The van der Waals surface area contributed by atoms with Gasteiger partial charge in [0, 0.05) is 36.3 Å². The number of rotatable bonds is 5. The number of nitrogens with one attached hydrogen (secondary N) is 1. The Balaban J connectivity index is 1.47. The molecule has 7 nitrogen and oxygen atoms in total. The minimum absolute atomic E-state index is 0.351. The number of carbonyl (C=O) groups excluding carboxylic acids is 3. The van der Waals surface area contributed by atoms with E-state index in [9.17, 15) is 14.4 Å². The first-order chi connectivity index (χ1) is 14.0. The van der Waals surface area contributed by atoms with Crippen LogP contribution in [0.25, 0.3) is 5.00 Å². The molecule has 0 aliphatic carbocycles. The first-order valence-electron chi connectivity index (χ1n) is 9.03. The summed E-state index contributed by atoms with van der Waals surface area (Å²) in [5, 5.41) is 3.05. The lowest BCUT2D eigenvalue weighted by atomic mass is 10.1. The molecule has 0 saturated carbocycles. The van der Waals surface area contributed by atoms with E-state index in [-0.39, 0.29) is 0 Å². The van der Waals surface area contributed by atoms with Gasteiger partial charge in [0.05, 0.1) is 5.56 Å². The first kappa shape index (κ1) is 19.5. The second-order valence-corrected chi connectivity index (χ2v) is 8.72. The van der Waals surface area contributed by atoms with Crippen molar-refractivity contribution in [3.8, 4) is 5.00 Å². The lowest BCUT2D eigenvalue weighted by Gasteiger charge is -2.12. The molecule has 150 valence electrons. The largest absolute Gasteiger partial charge is 0.452 e. The number of nitrogens with zero attached hydrogens (tertiary/aromatic N) is 2. The fourth-order valence-corrected chi connectivity index (χ4v) is 5.64. The van der Waals surface area contributed by atoms with E-state index in [4.69, 9.17) is 4.74 Å². The minimum atomic E-state index is -0.660. The second-order valence-electron chi connectivity index (χ2n) is 6.53. The molecule has 0 spiro atoms. The number of fused-ring (bicyclic) bond motifs is 1. The van der Waals surface area contributed by atoms with E-state index in [1.54, 1.807) is 41.3 Å². The van der Waals surface area contributed by atoms with Crippen molar-refractivity contribution in [2.45, 2.75) is 12.2 Å². The number of ether oxygens (including phenoxy) is 1. The Morgan fingerprint density at radius 2 is 1.97 bits per heavy atom. The van der Waals surface area contributed by atoms with Crippen LogP contribution in [0.5, 0.6) is 0 Å². The molecule has 0 atom stereocenters. The number of imide groups is 1. The molecular weight excluding hydrogens is 410 g/mol. The van der Waals surface area contributed by atoms with Crippen molar-refractivity contribution in [3.05, 3.63) is 64.6 Å². The Morgan fingerprint density at radius 1 is 1.17 bits per heavy atom. The van der Waals surface area contributed by atoms with Gasteiger partial charge in [-0.2, -0.15) is 11.8 Å². The third-order valence-electron chi connectivity index (χ3n) is 4.61. The normalized spacial score (nSPS) is 13.0. The summed E-state index contributed by atoms with van der Waals surface area (Å²) in [6.07, 6.45) is 6.26. The Labute approximate surface area is 175 Å². The molecule has 1 aliphatic heterocycles. The summed E-state index contributed by atoms with van der Waals surface area (Å²) in [6.45, 7) is -0.514. The van der Waals surface area contributed by atoms with Crippen molar-refractivity contribution in [2.24, 2.45) is 7.05 Å². The van der Waals surface area contributed by atoms with E-state index < -0.39 is 24.4 Å². The maximum Gasteiger partial charge on any atom is 0.341 e. The van der Waals surface area contributed by atoms with Crippen molar-refractivity contribution in [1.82, 2.24) is 14.5 Å². The van der Waals surface area contributed by atoms with E-state index in [0.717, 1.165) is 28.5 Å². The summed E-state index contributed by atoms with van der Waals surface area (Å²) in [5.74, 6) is 0.0800. The van der Waals surface area contributed by atoms with E-state index in [0.29, 0.717) is 11.3 Å². The van der Waals surface area contributed by atoms with Gasteiger partial charge in [0.2, 0.25) is 0 Å². The Hall–Kier alpha value is -2.78. The summed E-state index contributed by atoms with van der Waals surface area (Å²) in [4.78, 5) is 38.3. The fraction of sp³-hybridized carbons (Fsp3) is 0.250. The van der Waals surface area contributed by atoms with Crippen molar-refractivity contribution >= 4 is 40.9 Å². The van der Waals surface area contributed by atoms with Crippen LogP contribution in [0, 0.1) is 0 Å². The molecule has 3 aromatic rings. The topological polar surface area (TPSA) is 82.3 Å². The standard InChI is InChI=1S/C20H19N3O4S2/c1-22-7-4-5-14(22)18(25)21-16(24)11-27-20(26)17-13-6-10-28-12-15(13)29-19(17)23-8-2-3-9-23/h2-5,7-9H,6,10-12H2,1H3,(H,21,24,25). The Kier molecular flexibility index (Phi) is 5.59. The molecule has 4 heterocycles. The van der Waals surface area contributed by atoms with Crippen molar-refractivity contribution in [1.29, 1.82) is 0 Å². The molecule has 29 heavy (non-hydrogen) atoms. The third kappa shape index (κ3) is 4.01. The van der Waals surface area contributed by atoms with Crippen molar-refractivity contribution in [2.75, 3.05) is 12.4 Å². The summed E-state index contributed by atoms with van der Waals surface area (Å²) in [5.41, 5.74) is 1.87. The molecule has 0 saturated heterocycles. The van der Waals surface area contributed by atoms with Gasteiger partial charge in [-0.25, -0.2) is 4.79 Å². The van der Waals surface area contributed by atoms with Gasteiger partial charge in [0.1, 0.15) is 10.7 Å². The SMILES string of the molecule is Cn1cccc1C(=O)NC(=O)COC(=O)c1c(-n2cccc2)sc2c1CCSC2. The molecular formula is C20H19N3O4S2. The molecule has 0 radical (unpaired) electrons. The molecule has 1 aliphatic rings. The number of hydrogen-bond donors (Lipinski definition) is 1.